The Bertz CT molecular complexity index is 1120. The molecule has 2 aromatic carbocycles. The van der Waals surface area contributed by atoms with Crippen molar-refractivity contribution < 1.29 is 28.2 Å². The molecule has 0 bridgehead atoms. The number of rotatable bonds is 8. The van der Waals surface area contributed by atoms with E-state index in [1.807, 2.05) is 13.8 Å². The lowest BCUT2D eigenvalue weighted by Crippen LogP contribution is -2.36. The van der Waals surface area contributed by atoms with Crippen molar-refractivity contribution in [3.8, 4) is 11.5 Å². The van der Waals surface area contributed by atoms with E-state index < -0.39 is 29.4 Å². The predicted octanol–water partition coefficient (Wildman–Crippen LogP) is 5.34. The number of thioether (sulfide) groups is 1. The Morgan fingerprint density at radius 1 is 1.24 bits per heavy atom. The quantitative estimate of drug-likeness (QED) is 0.501. The van der Waals surface area contributed by atoms with Crippen molar-refractivity contribution in [2.24, 2.45) is 0 Å². The highest BCUT2D eigenvalue weighted by molar-refractivity contribution is 8.18. The highest BCUT2D eigenvalue weighted by Gasteiger charge is 2.36. The maximum atomic E-state index is 13.3. The molecule has 1 aliphatic heterocycles. The molecule has 1 aliphatic rings. The Morgan fingerprint density at radius 2 is 2.00 bits per heavy atom. The average molecular weight is 493 g/mol. The van der Waals surface area contributed by atoms with E-state index in [0.29, 0.717) is 17.1 Å². The molecule has 3 amide bonds. The second-order valence-corrected chi connectivity index (χ2v) is 8.59. The van der Waals surface area contributed by atoms with E-state index in [1.54, 1.807) is 24.3 Å². The Kier molecular flexibility index (Phi) is 7.99. The smallest absolute Gasteiger partial charge is 0.294 e. The van der Waals surface area contributed by atoms with Crippen LogP contribution in [0.2, 0.25) is 5.02 Å². The number of carbonyl (C=O) groups excluding carboxylic acids is 3. The normalized spacial score (nSPS) is 15.7. The number of hydrogen-bond acceptors (Lipinski definition) is 6. The summed E-state index contributed by atoms with van der Waals surface area (Å²) in [7, 11) is 1.52. The summed E-state index contributed by atoms with van der Waals surface area (Å²) in [5, 5.41) is 1.77. The first-order valence-corrected chi connectivity index (χ1v) is 11.3. The number of nitrogens with zero attached hydrogens (tertiary/aromatic N) is 1. The monoisotopic (exact) mass is 492 g/mol. The molecule has 0 aromatic heterocycles. The van der Waals surface area contributed by atoms with Gasteiger partial charge >= 0.3 is 0 Å². The van der Waals surface area contributed by atoms with Crippen LogP contribution in [-0.2, 0) is 9.59 Å². The van der Waals surface area contributed by atoms with Crippen molar-refractivity contribution in [1.82, 2.24) is 4.90 Å². The third-order valence-electron chi connectivity index (χ3n) is 4.77. The van der Waals surface area contributed by atoms with Crippen LogP contribution in [0.1, 0.15) is 25.8 Å². The van der Waals surface area contributed by atoms with Gasteiger partial charge in [0.15, 0.2) is 11.5 Å². The zero-order chi connectivity index (χ0) is 24.1. The van der Waals surface area contributed by atoms with E-state index in [1.165, 1.54) is 19.2 Å². The number of amides is 3. The van der Waals surface area contributed by atoms with E-state index in [2.05, 4.69) is 5.32 Å². The molecule has 1 heterocycles. The van der Waals surface area contributed by atoms with Crippen molar-refractivity contribution >= 4 is 52.2 Å². The summed E-state index contributed by atoms with van der Waals surface area (Å²) in [4.78, 5) is 38.4. The molecule has 1 fully saturated rings. The molecule has 3 rings (SSSR count). The van der Waals surface area contributed by atoms with E-state index in [0.717, 1.165) is 29.1 Å². The number of methoxy groups -OCH3 is 1. The molecule has 0 radical (unpaired) electrons. The molecule has 7 nitrogen and oxygen atoms in total. The summed E-state index contributed by atoms with van der Waals surface area (Å²) in [5.41, 5.74) is 0.889. The minimum absolute atomic E-state index is 0.0123. The largest absolute Gasteiger partial charge is 0.493 e. The number of imide groups is 1. The topological polar surface area (TPSA) is 84.9 Å². The van der Waals surface area contributed by atoms with Crippen LogP contribution >= 0.6 is 23.4 Å². The summed E-state index contributed by atoms with van der Waals surface area (Å²) < 4.78 is 24.5. The summed E-state index contributed by atoms with van der Waals surface area (Å²) in [5.74, 6) is -0.747. The van der Waals surface area contributed by atoms with E-state index in [9.17, 15) is 18.8 Å². The number of carbonyl (C=O) groups is 3. The minimum atomic E-state index is -0.623. The van der Waals surface area contributed by atoms with Crippen LogP contribution in [-0.4, -0.2) is 41.7 Å². The summed E-state index contributed by atoms with van der Waals surface area (Å²) in [6.45, 7) is 3.48. The molecule has 1 saturated heterocycles. The lowest BCUT2D eigenvalue weighted by molar-refractivity contribution is -0.127. The van der Waals surface area contributed by atoms with Crippen LogP contribution in [0, 0.1) is 5.82 Å². The third-order valence-corrected chi connectivity index (χ3v) is 5.96. The van der Waals surface area contributed by atoms with E-state index >= 15 is 0 Å². The Morgan fingerprint density at radius 3 is 2.67 bits per heavy atom. The molecule has 33 heavy (non-hydrogen) atoms. The lowest BCUT2D eigenvalue weighted by Gasteiger charge is -2.15. The van der Waals surface area contributed by atoms with Crippen LogP contribution < -0.4 is 14.8 Å². The molecule has 10 heteroatoms. The van der Waals surface area contributed by atoms with E-state index in [-0.39, 0.29) is 21.7 Å². The molecule has 1 atom stereocenters. The number of benzene rings is 2. The van der Waals surface area contributed by atoms with Gasteiger partial charge < -0.3 is 14.8 Å². The van der Waals surface area contributed by atoms with Gasteiger partial charge in [0, 0.05) is 5.69 Å². The average Bonchev–Trinajstić information content (AvgIpc) is 3.04. The Balaban J connectivity index is 1.71. The van der Waals surface area contributed by atoms with Crippen LogP contribution in [0.15, 0.2) is 41.3 Å². The van der Waals surface area contributed by atoms with Gasteiger partial charge in [-0.1, -0.05) is 24.6 Å². The molecule has 174 valence electrons. The van der Waals surface area contributed by atoms with E-state index in [4.69, 9.17) is 21.1 Å². The van der Waals surface area contributed by atoms with Crippen molar-refractivity contribution in [3.63, 3.8) is 0 Å². The SMILES string of the molecule is CC[C@H](C)Oc1ccc(/C=C2\SC(=O)N(CC(=O)Nc3ccc(F)c(Cl)c3)C2=O)cc1OC. The van der Waals surface area contributed by atoms with Crippen LogP contribution in [0.5, 0.6) is 11.5 Å². The number of hydrogen-bond donors (Lipinski definition) is 1. The van der Waals surface area contributed by atoms with Gasteiger partial charge in [-0.3, -0.25) is 19.3 Å². The first-order chi connectivity index (χ1) is 15.7. The summed E-state index contributed by atoms with van der Waals surface area (Å²) in [6.07, 6.45) is 2.40. The highest BCUT2D eigenvalue weighted by Crippen LogP contribution is 2.35. The maximum absolute atomic E-state index is 13.3. The highest BCUT2D eigenvalue weighted by atomic mass is 35.5. The van der Waals surface area contributed by atoms with Crippen molar-refractivity contribution in [1.29, 1.82) is 0 Å². The number of anilines is 1. The van der Waals surface area contributed by atoms with Gasteiger partial charge in [0.25, 0.3) is 11.1 Å². The number of nitrogens with one attached hydrogen (secondary N) is 1. The first kappa shape index (κ1) is 24.6. The zero-order valence-corrected chi connectivity index (χ0v) is 19.8. The summed E-state index contributed by atoms with van der Waals surface area (Å²) in [6, 6.07) is 8.87. The molecular weight excluding hydrogens is 471 g/mol. The lowest BCUT2D eigenvalue weighted by atomic mass is 10.1. The fourth-order valence-corrected chi connectivity index (χ4v) is 3.90. The molecule has 0 unspecified atom stereocenters. The molecule has 2 aromatic rings. The second kappa shape index (κ2) is 10.7. The fourth-order valence-electron chi connectivity index (χ4n) is 2.88. The predicted molar refractivity (Wildman–Crippen MR) is 126 cm³/mol. The van der Waals surface area contributed by atoms with Crippen LogP contribution in [0.3, 0.4) is 0 Å². The van der Waals surface area contributed by atoms with Gasteiger partial charge in [-0.05, 0) is 67.1 Å². The molecular formula is C23H22ClFN2O5S. The van der Waals surface area contributed by atoms with Gasteiger partial charge in [0.1, 0.15) is 12.4 Å². The van der Waals surface area contributed by atoms with Gasteiger partial charge in [-0.25, -0.2) is 4.39 Å². The molecule has 0 saturated carbocycles. The zero-order valence-electron chi connectivity index (χ0n) is 18.2. The van der Waals surface area contributed by atoms with Crippen molar-refractivity contribution in [3.05, 3.63) is 57.7 Å². The van der Waals surface area contributed by atoms with Gasteiger partial charge in [-0.15, -0.1) is 0 Å². The van der Waals surface area contributed by atoms with Gasteiger partial charge in [-0.2, -0.15) is 0 Å². The first-order valence-electron chi connectivity index (χ1n) is 10.1. The maximum Gasteiger partial charge on any atom is 0.294 e. The summed E-state index contributed by atoms with van der Waals surface area (Å²) >= 11 is 6.44. The number of halogens is 2. The van der Waals surface area contributed by atoms with Gasteiger partial charge in [0.05, 0.1) is 23.1 Å². The van der Waals surface area contributed by atoms with Gasteiger partial charge in [0.2, 0.25) is 5.91 Å². The minimum Gasteiger partial charge on any atom is -0.493 e. The van der Waals surface area contributed by atoms with Crippen LogP contribution in [0.4, 0.5) is 14.9 Å². The molecule has 1 N–H and O–H groups in total. The van der Waals surface area contributed by atoms with Crippen molar-refractivity contribution in [2.45, 2.75) is 26.4 Å². The van der Waals surface area contributed by atoms with Crippen molar-refractivity contribution in [2.75, 3.05) is 19.0 Å². The molecule has 0 aliphatic carbocycles. The second-order valence-electron chi connectivity index (χ2n) is 7.19. The standard InChI is InChI=1S/C23H22ClFN2O5S/c1-4-13(2)32-18-8-5-14(9-19(18)31-3)10-20-22(29)27(23(30)33-20)12-21(28)26-15-6-7-17(25)16(24)11-15/h5-11,13H,4,12H2,1-3H3,(H,26,28)/b20-10-/t13-/m0/s1. The van der Waals surface area contributed by atoms with Crippen LogP contribution in [0.25, 0.3) is 6.08 Å². The number of ether oxygens (including phenoxy) is 2. The molecule has 0 spiro atoms. The fraction of sp³-hybridized carbons (Fsp3) is 0.261. The Labute approximate surface area is 199 Å². The third kappa shape index (κ3) is 6.06. The Hall–Kier alpha value is -3.04.